The second-order valence-electron chi connectivity index (χ2n) is 4.51. The molecule has 1 aromatic carbocycles. The van der Waals surface area contributed by atoms with Gasteiger partial charge in [0.15, 0.2) is 0 Å². The highest BCUT2D eigenvalue weighted by atomic mass is 32.1. The van der Waals surface area contributed by atoms with Gasteiger partial charge in [-0.1, -0.05) is 43.0 Å². The number of allylic oxidation sites excluding steroid dienone is 3. The van der Waals surface area contributed by atoms with E-state index in [0.29, 0.717) is 6.41 Å². The number of hydrogen-bond donors (Lipinski definition) is 2. The van der Waals surface area contributed by atoms with Crippen LogP contribution < -0.4 is 11.1 Å². The summed E-state index contributed by atoms with van der Waals surface area (Å²) in [6.45, 7) is 4.06. The highest BCUT2D eigenvalue weighted by molar-refractivity contribution is 7.16. The Morgan fingerprint density at radius 2 is 2.00 bits per heavy atom. The van der Waals surface area contributed by atoms with Gasteiger partial charge in [0.05, 0.1) is 0 Å². The third-order valence-corrected chi connectivity index (χ3v) is 4.15. The van der Waals surface area contributed by atoms with Crippen molar-refractivity contribution in [2.75, 3.05) is 0 Å². The lowest BCUT2D eigenvalue weighted by molar-refractivity contribution is -0.108. The molecule has 0 spiro atoms. The highest BCUT2D eigenvalue weighted by Gasteiger charge is 2.03. The molecule has 0 unspecified atom stereocenters. The fraction of sp³-hybridized carbons (Fsp3) is 0. The normalized spacial score (nSPS) is 11.9. The number of benzene rings is 1. The molecule has 5 heteroatoms. The van der Waals surface area contributed by atoms with Gasteiger partial charge >= 0.3 is 0 Å². The van der Waals surface area contributed by atoms with Gasteiger partial charge in [-0.3, -0.25) is 4.79 Å². The van der Waals surface area contributed by atoms with Crippen LogP contribution in [-0.2, 0) is 4.79 Å². The molecule has 0 aliphatic heterocycles. The summed E-state index contributed by atoms with van der Waals surface area (Å²) in [6.07, 6.45) is 6.90. The van der Waals surface area contributed by atoms with Crippen LogP contribution >= 0.6 is 11.3 Å². The van der Waals surface area contributed by atoms with Crippen molar-refractivity contribution in [1.29, 1.82) is 0 Å². The molecule has 2 rings (SSSR count). The maximum absolute atomic E-state index is 10.3. The summed E-state index contributed by atoms with van der Waals surface area (Å²) >= 11 is 1.69. The van der Waals surface area contributed by atoms with Crippen LogP contribution in [0.15, 0.2) is 78.2 Å². The SMILES string of the molecule is C=C(\C=C/C=N/C(=C\N)NC=O)c1ccc(-c2ccccc2)s1. The monoisotopic (exact) mass is 323 g/mol. The molecule has 1 heterocycles. The summed E-state index contributed by atoms with van der Waals surface area (Å²) in [5, 5.41) is 2.38. The quantitative estimate of drug-likeness (QED) is 0.465. The number of carbonyl (C=O) groups excluding carboxylic acids is 1. The van der Waals surface area contributed by atoms with Gasteiger partial charge in [-0.05, 0) is 29.3 Å². The van der Waals surface area contributed by atoms with Crippen molar-refractivity contribution >= 4 is 29.5 Å². The predicted octanol–water partition coefficient (Wildman–Crippen LogP) is 3.56. The van der Waals surface area contributed by atoms with E-state index in [-0.39, 0.29) is 5.82 Å². The third kappa shape index (κ3) is 4.79. The number of rotatable bonds is 7. The van der Waals surface area contributed by atoms with Crippen molar-refractivity contribution in [1.82, 2.24) is 5.32 Å². The van der Waals surface area contributed by atoms with Gasteiger partial charge in [0.25, 0.3) is 0 Å². The first-order valence-electron chi connectivity index (χ1n) is 6.92. The number of aliphatic imine (C=N–C) groups is 1. The molecule has 1 aromatic heterocycles. The number of thiophene rings is 1. The topological polar surface area (TPSA) is 67.5 Å². The van der Waals surface area contributed by atoms with Gasteiger partial charge < -0.3 is 11.1 Å². The zero-order valence-electron chi connectivity index (χ0n) is 12.5. The lowest BCUT2D eigenvalue weighted by atomic mass is 10.2. The number of carbonyl (C=O) groups is 1. The second-order valence-corrected chi connectivity index (χ2v) is 5.59. The summed E-state index contributed by atoms with van der Waals surface area (Å²) < 4.78 is 0. The molecule has 3 N–H and O–H groups in total. The molecule has 2 aromatic rings. The highest BCUT2D eigenvalue weighted by Crippen LogP contribution is 2.31. The van der Waals surface area contributed by atoms with Crippen LogP contribution in [0.3, 0.4) is 0 Å². The van der Waals surface area contributed by atoms with E-state index in [2.05, 4.69) is 41.2 Å². The van der Waals surface area contributed by atoms with E-state index < -0.39 is 0 Å². The number of nitrogens with one attached hydrogen (secondary N) is 1. The van der Waals surface area contributed by atoms with Crippen molar-refractivity contribution in [3.63, 3.8) is 0 Å². The number of amides is 1. The molecule has 0 fully saturated rings. The molecule has 0 aliphatic rings. The van der Waals surface area contributed by atoms with E-state index in [0.717, 1.165) is 10.5 Å². The van der Waals surface area contributed by atoms with Crippen molar-refractivity contribution in [3.05, 3.63) is 78.1 Å². The van der Waals surface area contributed by atoms with Crippen LogP contribution in [0.25, 0.3) is 16.0 Å². The van der Waals surface area contributed by atoms with E-state index in [1.807, 2.05) is 24.3 Å². The van der Waals surface area contributed by atoms with E-state index in [1.165, 1.54) is 16.6 Å². The Labute approximate surface area is 139 Å². The van der Waals surface area contributed by atoms with Crippen LogP contribution in [0.1, 0.15) is 4.88 Å². The van der Waals surface area contributed by atoms with Gasteiger partial charge in [-0.25, -0.2) is 4.99 Å². The predicted molar refractivity (Wildman–Crippen MR) is 97.9 cm³/mol. The zero-order valence-corrected chi connectivity index (χ0v) is 13.3. The molecule has 23 heavy (non-hydrogen) atoms. The first-order valence-corrected chi connectivity index (χ1v) is 7.73. The molecule has 0 saturated carbocycles. The molecule has 4 nitrogen and oxygen atoms in total. The Balaban J connectivity index is 2.02. The fourth-order valence-corrected chi connectivity index (χ4v) is 2.78. The summed E-state index contributed by atoms with van der Waals surface area (Å²) in [4.78, 5) is 16.6. The van der Waals surface area contributed by atoms with Gasteiger partial charge in [0.2, 0.25) is 6.41 Å². The Kier molecular flexibility index (Phi) is 6.08. The van der Waals surface area contributed by atoms with Crippen molar-refractivity contribution < 1.29 is 4.79 Å². The van der Waals surface area contributed by atoms with Gasteiger partial charge in [-0.2, -0.15) is 0 Å². The van der Waals surface area contributed by atoms with Gasteiger partial charge in [0.1, 0.15) is 5.82 Å². The summed E-state index contributed by atoms with van der Waals surface area (Å²) in [6, 6.07) is 14.4. The third-order valence-electron chi connectivity index (χ3n) is 2.94. The maximum atomic E-state index is 10.3. The van der Waals surface area contributed by atoms with Crippen molar-refractivity contribution in [2.24, 2.45) is 10.7 Å². The Bertz CT molecular complexity index is 758. The molecule has 0 bridgehead atoms. The largest absolute Gasteiger partial charge is 0.402 e. The maximum Gasteiger partial charge on any atom is 0.212 e. The number of hydrogen-bond acceptors (Lipinski definition) is 4. The average Bonchev–Trinajstić information content (AvgIpc) is 3.08. The van der Waals surface area contributed by atoms with Crippen LogP contribution in [0.5, 0.6) is 0 Å². The molecule has 116 valence electrons. The fourth-order valence-electron chi connectivity index (χ4n) is 1.82. The second kappa shape index (κ2) is 8.51. The van der Waals surface area contributed by atoms with Crippen LogP contribution in [0, 0.1) is 0 Å². The zero-order chi connectivity index (χ0) is 16.5. The Morgan fingerprint density at radius 1 is 1.22 bits per heavy atom. The smallest absolute Gasteiger partial charge is 0.212 e. The Hall–Kier alpha value is -2.92. The molecule has 1 amide bonds. The number of nitrogens with zero attached hydrogens (tertiary/aromatic N) is 1. The van der Waals surface area contributed by atoms with E-state index >= 15 is 0 Å². The van der Waals surface area contributed by atoms with Crippen molar-refractivity contribution in [2.45, 2.75) is 0 Å². The first-order chi connectivity index (χ1) is 11.2. The van der Waals surface area contributed by atoms with Crippen LogP contribution in [0.2, 0.25) is 0 Å². The molecule has 0 atom stereocenters. The van der Waals surface area contributed by atoms with Crippen LogP contribution in [0.4, 0.5) is 0 Å². The lowest BCUT2D eigenvalue weighted by Gasteiger charge is -1.96. The average molecular weight is 323 g/mol. The summed E-state index contributed by atoms with van der Waals surface area (Å²) in [5.41, 5.74) is 7.40. The van der Waals surface area contributed by atoms with Gasteiger partial charge in [-0.15, -0.1) is 11.3 Å². The minimum Gasteiger partial charge on any atom is -0.402 e. The molecule has 0 aliphatic carbocycles. The Morgan fingerprint density at radius 3 is 2.70 bits per heavy atom. The standard InChI is InChI=1S/C18H17N3OS/c1-14(6-5-11-20-18(12-19)21-13-22)16-9-10-17(23-16)15-7-3-2-4-8-15/h2-13H,1,19H2,(H,21,22)/b6-5-,18-12+,20-11+. The first kappa shape index (κ1) is 16.5. The van der Waals surface area contributed by atoms with Gasteiger partial charge in [0, 0.05) is 22.2 Å². The van der Waals surface area contributed by atoms with E-state index in [4.69, 9.17) is 5.73 Å². The van der Waals surface area contributed by atoms with E-state index in [9.17, 15) is 4.79 Å². The molecular weight excluding hydrogens is 306 g/mol. The van der Waals surface area contributed by atoms with E-state index in [1.54, 1.807) is 23.6 Å². The summed E-state index contributed by atoms with van der Waals surface area (Å²) in [5.74, 6) is 0.290. The summed E-state index contributed by atoms with van der Waals surface area (Å²) in [7, 11) is 0. The number of nitrogens with two attached hydrogens (primary N) is 1. The minimum atomic E-state index is 0.290. The minimum absolute atomic E-state index is 0.290. The lowest BCUT2D eigenvalue weighted by Crippen LogP contribution is -2.09. The molecule has 0 saturated heterocycles. The molecular formula is C18H17N3OS. The van der Waals surface area contributed by atoms with Crippen molar-refractivity contribution in [3.8, 4) is 10.4 Å². The molecule has 0 radical (unpaired) electrons. The van der Waals surface area contributed by atoms with Crippen LogP contribution in [-0.4, -0.2) is 12.6 Å².